The van der Waals surface area contributed by atoms with Crippen LogP contribution in [0.1, 0.15) is 17.3 Å². The van der Waals surface area contributed by atoms with E-state index in [0.29, 0.717) is 5.56 Å². The van der Waals surface area contributed by atoms with Gasteiger partial charge in [-0.25, -0.2) is 0 Å². The molecule has 1 heterocycles. The number of nitrogens with one attached hydrogen (secondary N) is 2. The highest BCUT2D eigenvalue weighted by molar-refractivity contribution is 8.03. The molecule has 0 saturated heterocycles. The lowest BCUT2D eigenvalue weighted by atomic mass is 10.2. The second-order valence-electron chi connectivity index (χ2n) is 3.92. The topological polar surface area (TPSA) is 84.0 Å². The number of carbonyl (C=O) groups excluding carboxylic acids is 2. The summed E-state index contributed by atoms with van der Waals surface area (Å²) in [4.78, 5) is 23.4. The quantitative estimate of drug-likeness (QED) is 0.611. The number of hydrogen-bond acceptors (Lipinski definition) is 7. The minimum absolute atomic E-state index is 0.167. The van der Waals surface area contributed by atoms with E-state index in [-0.39, 0.29) is 17.6 Å². The Hall–Kier alpha value is -1.58. The van der Waals surface area contributed by atoms with Gasteiger partial charge in [0.05, 0.1) is 5.75 Å². The van der Waals surface area contributed by atoms with E-state index in [0.717, 1.165) is 14.4 Å². The Bertz CT molecular complexity index is 633. The largest absolute Gasteiger partial charge is 0.272 e. The van der Waals surface area contributed by atoms with Gasteiger partial charge < -0.3 is 0 Å². The molecular formula is C13H14N4O2S3. The average Bonchev–Trinajstić information content (AvgIpc) is 2.99. The maximum absolute atomic E-state index is 11.7. The predicted molar refractivity (Wildman–Crippen MR) is 89.1 cm³/mol. The molecule has 6 nitrogen and oxygen atoms in total. The van der Waals surface area contributed by atoms with Gasteiger partial charge in [0.2, 0.25) is 5.91 Å². The van der Waals surface area contributed by atoms with Crippen molar-refractivity contribution in [1.29, 1.82) is 0 Å². The van der Waals surface area contributed by atoms with E-state index in [2.05, 4.69) is 21.0 Å². The summed E-state index contributed by atoms with van der Waals surface area (Å²) in [6, 6.07) is 8.68. The van der Waals surface area contributed by atoms with E-state index in [9.17, 15) is 9.59 Å². The Kier molecular flexibility index (Phi) is 6.69. The molecule has 0 aliphatic rings. The van der Waals surface area contributed by atoms with Crippen molar-refractivity contribution < 1.29 is 9.59 Å². The third-order valence-corrected chi connectivity index (χ3v) is 5.41. The fourth-order valence-electron chi connectivity index (χ4n) is 1.39. The highest BCUT2D eigenvalue weighted by Crippen LogP contribution is 2.28. The summed E-state index contributed by atoms with van der Waals surface area (Å²) in [5, 5.41) is 8.00. The Labute approximate surface area is 140 Å². The second-order valence-corrected chi connectivity index (χ2v) is 7.64. The molecule has 2 N–H and O–H groups in total. The van der Waals surface area contributed by atoms with Crippen molar-refractivity contribution in [3.8, 4) is 0 Å². The fraction of sp³-hybridized carbons (Fsp3) is 0.231. The molecule has 116 valence electrons. The van der Waals surface area contributed by atoms with E-state index >= 15 is 0 Å². The highest BCUT2D eigenvalue weighted by Gasteiger charge is 2.09. The van der Waals surface area contributed by atoms with Crippen LogP contribution in [-0.4, -0.2) is 33.5 Å². The predicted octanol–water partition coefficient (Wildman–Crippen LogP) is 2.20. The van der Waals surface area contributed by atoms with Crippen molar-refractivity contribution in [3.63, 3.8) is 0 Å². The van der Waals surface area contributed by atoms with Gasteiger partial charge in [0.25, 0.3) is 5.91 Å². The van der Waals surface area contributed by atoms with Gasteiger partial charge in [0, 0.05) is 5.56 Å². The molecule has 2 aromatic rings. The highest BCUT2D eigenvalue weighted by atomic mass is 32.2. The van der Waals surface area contributed by atoms with Gasteiger partial charge >= 0.3 is 0 Å². The first-order valence-corrected chi connectivity index (χ1v) is 9.21. The van der Waals surface area contributed by atoms with Crippen molar-refractivity contribution in [2.24, 2.45) is 0 Å². The molecule has 0 spiro atoms. The van der Waals surface area contributed by atoms with E-state index in [1.807, 2.05) is 13.0 Å². The van der Waals surface area contributed by atoms with Crippen LogP contribution >= 0.6 is 34.9 Å². The zero-order valence-corrected chi connectivity index (χ0v) is 14.2. The molecule has 1 aromatic heterocycles. The molecule has 2 rings (SSSR count). The lowest BCUT2D eigenvalue weighted by molar-refractivity contribution is -0.119. The molecule has 2 amide bonds. The van der Waals surface area contributed by atoms with Gasteiger partial charge in [-0.05, 0) is 17.9 Å². The number of rotatable bonds is 6. The normalized spacial score (nSPS) is 10.2. The molecule has 0 aliphatic heterocycles. The number of thioether (sulfide) groups is 2. The van der Waals surface area contributed by atoms with E-state index in [4.69, 9.17) is 0 Å². The van der Waals surface area contributed by atoms with Crippen LogP contribution in [0.25, 0.3) is 0 Å². The summed E-state index contributed by atoms with van der Waals surface area (Å²) in [5.74, 6) is 0.455. The summed E-state index contributed by atoms with van der Waals surface area (Å²) in [7, 11) is 0. The first kappa shape index (κ1) is 16.8. The Morgan fingerprint density at radius 1 is 1.09 bits per heavy atom. The minimum Gasteiger partial charge on any atom is -0.272 e. The number of amides is 2. The molecule has 0 radical (unpaired) electrons. The molecule has 1 aromatic carbocycles. The Morgan fingerprint density at radius 3 is 2.45 bits per heavy atom. The van der Waals surface area contributed by atoms with Gasteiger partial charge in [0.1, 0.15) is 0 Å². The molecule has 0 unspecified atom stereocenters. The molecule has 0 atom stereocenters. The lowest BCUT2D eigenvalue weighted by Crippen LogP contribution is -2.42. The minimum atomic E-state index is -0.350. The molecule has 0 saturated carbocycles. The Morgan fingerprint density at radius 2 is 1.77 bits per heavy atom. The number of hydrazine groups is 1. The smallest absolute Gasteiger partial charge is 0.269 e. The zero-order valence-electron chi connectivity index (χ0n) is 11.7. The number of benzene rings is 1. The van der Waals surface area contributed by atoms with Gasteiger partial charge in [0.15, 0.2) is 8.68 Å². The van der Waals surface area contributed by atoms with Crippen molar-refractivity contribution in [1.82, 2.24) is 21.0 Å². The average molecular weight is 354 g/mol. The van der Waals surface area contributed by atoms with Crippen LogP contribution in [0.3, 0.4) is 0 Å². The standard InChI is InChI=1S/C13H14N4O2S3/c1-2-20-12-16-17-13(22-12)21-8-10(18)14-15-11(19)9-6-4-3-5-7-9/h3-7H,2,8H2,1H3,(H,14,18)(H,15,19). The first-order chi connectivity index (χ1) is 10.7. The van der Waals surface area contributed by atoms with Crippen molar-refractivity contribution in [3.05, 3.63) is 35.9 Å². The molecule has 0 bridgehead atoms. The van der Waals surface area contributed by atoms with Crippen LogP contribution in [0, 0.1) is 0 Å². The van der Waals surface area contributed by atoms with Crippen molar-refractivity contribution >= 4 is 46.7 Å². The van der Waals surface area contributed by atoms with Crippen LogP contribution in [0.2, 0.25) is 0 Å². The van der Waals surface area contributed by atoms with Gasteiger partial charge in [-0.2, -0.15) is 0 Å². The van der Waals surface area contributed by atoms with Gasteiger partial charge in [-0.15, -0.1) is 10.2 Å². The summed E-state index contributed by atoms with van der Waals surface area (Å²) >= 11 is 4.36. The molecule has 0 fully saturated rings. The third-order valence-electron chi connectivity index (χ3n) is 2.33. The summed E-state index contributed by atoms with van der Waals surface area (Å²) in [6.45, 7) is 2.04. The van der Waals surface area contributed by atoms with Crippen LogP contribution in [-0.2, 0) is 4.79 Å². The maximum Gasteiger partial charge on any atom is 0.269 e. The third kappa shape index (κ3) is 5.32. The lowest BCUT2D eigenvalue weighted by Gasteiger charge is -2.06. The monoisotopic (exact) mass is 354 g/mol. The molecule has 9 heteroatoms. The van der Waals surface area contributed by atoms with Crippen LogP contribution in [0.5, 0.6) is 0 Å². The molecule has 22 heavy (non-hydrogen) atoms. The van der Waals surface area contributed by atoms with Crippen molar-refractivity contribution in [2.75, 3.05) is 11.5 Å². The fourth-order valence-corrected chi connectivity index (χ4v) is 4.11. The van der Waals surface area contributed by atoms with E-state index in [1.54, 1.807) is 36.0 Å². The number of aromatic nitrogens is 2. The summed E-state index contributed by atoms with van der Waals surface area (Å²) < 4.78 is 1.63. The van der Waals surface area contributed by atoms with E-state index < -0.39 is 0 Å². The maximum atomic E-state index is 11.7. The zero-order chi connectivity index (χ0) is 15.8. The summed E-state index contributed by atoms with van der Waals surface area (Å²) in [6.07, 6.45) is 0. The molecular weight excluding hydrogens is 340 g/mol. The van der Waals surface area contributed by atoms with Crippen LogP contribution < -0.4 is 10.9 Å². The second kappa shape index (κ2) is 8.76. The van der Waals surface area contributed by atoms with Crippen molar-refractivity contribution in [2.45, 2.75) is 15.6 Å². The first-order valence-electron chi connectivity index (χ1n) is 6.42. The summed E-state index contributed by atoms with van der Waals surface area (Å²) in [5.41, 5.74) is 5.23. The Balaban J connectivity index is 1.72. The number of nitrogens with zero attached hydrogens (tertiary/aromatic N) is 2. The molecule has 0 aliphatic carbocycles. The number of carbonyl (C=O) groups is 2. The SMILES string of the molecule is CCSc1nnc(SCC(=O)NNC(=O)c2ccccc2)s1. The number of hydrogen-bond donors (Lipinski definition) is 2. The van der Waals surface area contributed by atoms with Crippen LogP contribution in [0.15, 0.2) is 39.0 Å². The van der Waals surface area contributed by atoms with E-state index in [1.165, 1.54) is 23.1 Å². The van der Waals surface area contributed by atoms with Crippen LogP contribution in [0.4, 0.5) is 0 Å². The van der Waals surface area contributed by atoms with Gasteiger partial charge in [-0.3, -0.25) is 20.4 Å². The van der Waals surface area contributed by atoms with Gasteiger partial charge in [-0.1, -0.05) is 60.0 Å².